The minimum Gasteiger partial charge on any atom is -0.311 e. The molecule has 5 nitrogen and oxygen atoms in total. The molecule has 0 aromatic heterocycles. The van der Waals surface area contributed by atoms with Crippen molar-refractivity contribution in [2.75, 3.05) is 32.7 Å². The number of piperazine rings is 3. The first-order valence-corrected chi connectivity index (χ1v) is 5.94. The lowest BCUT2D eigenvalue weighted by Gasteiger charge is -2.47. The molecule has 4 aliphatic rings. The molecule has 0 saturated carbocycles. The molecular formula is C11H18N4O. The molecule has 4 heterocycles. The van der Waals surface area contributed by atoms with Gasteiger partial charge in [-0.2, -0.15) is 0 Å². The van der Waals surface area contributed by atoms with E-state index in [4.69, 9.17) is 0 Å². The van der Waals surface area contributed by atoms with Crippen molar-refractivity contribution in [3.05, 3.63) is 0 Å². The average Bonchev–Trinajstić information content (AvgIpc) is 2.55. The molecule has 88 valence electrons. The fraction of sp³-hybridized carbons (Fsp3) is 0.818. The van der Waals surface area contributed by atoms with Crippen molar-refractivity contribution in [1.82, 2.24) is 15.1 Å². The minimum atomic E-state index is -0.581. The number of carbonyl (C=O) groups is 1. The summed E-state index contributed by atoms with van der Waals surface area (Å²) in [4.78, 5) is 21.1. The highest BCUT2D eigenvalue weighted by Gasteiger charge is 2.41. The summed E-state index contributed by atoms with van der Waals surface area (Å²) in [6.45, 7) is 9.25. The summed E-state index contributed by atoms with van der Waals surface area (Å²) in [6.07, 6.45) is 0. The topological polar surface area (TPSA) is 47.9 Å². The van der Waals surface area contributed by atoms with Crippen molar-refractivity contribution in [2.45, 2.75) is 25.4 Å². The van der Waals surface area contributed by atoms with E-state index in [-0.39, 0.29) is 5.91 Å². The Hall–Kier alpha value is -0.940. The van der Waals surface area contributed by atoms with Crippen molar-refractivity contribution in [3.8, 4) is 0 Å². The number of amidine groups is 1. The Bertz CT molecular complexity index is 355. The summed E-state index contributed by atoms with van der Waals surface area (Å²) < 4.78 is 0. The van der Waals surface area contributed by atoms with Gasteiger partial charge in [-0.05, 0) is 13.8 Å². The van der Waals surface area contributed by atoms with Crippen LogP contribution in [-0.2, 0) is 4.79 Å². The van der Waals surface area contributed by atoms with Gasteiger partial charge in [-0.1, -0.05) is 0 Å². The Morgan fingerprint density at radius 3 is 2.44 bits per heavy atom. The molecule has 2 bridgehead atoms. The zero-order valence-electron chi connectivity index (χ0n) is 9.86. The second kappa shape index (κ2) is 3.28. The zero-order valence-corrected chi connectivity index (χ0v) is 9.86. The molecule has 3 fully saturated rings. The first kappa shape index (κ1) is 10.2. The maximum atomic E-state index is 11.7. The molecule has 0 aromatic rings. The highest BCUT2D eigenvalue weighted by atomic mass is 16.2. The van der Waals surface area contributed by atoms with Crippen LogP contribution in [-0.4, -0.2) is 65.8 Å². The number of aliphatic imine (C=N–C) groups is 1. The van der Waals surface area contributed by atoms with Gasteiger partial charge in [0.25, 0.3) is 5.91 Å². The second-order valence-electron chi connectivity index (χ2n) is 5.36. The van der Waals surface area contributed by atoms with Gasteiger partial charge in [0.1, 0.15) is 11.4 Å². The van der Waals surface area contributed by atoms with Crippen LogP contribution >= 0.6 is 0 Å². The largest absolute Gasteiger partial charge is 0.311 e. The van der Waals surface area contributed by atoms with E-state index in [9.17, 15) is 4.79 Å². The molecule has 0 aliphatic carbocycles. The smallest absolute Gasteiger partial charge is 0.252 e. The fourth-order valence-corrected chi connectivity index (χ4v) is 2.68. The molecule has 1 amide bonds. The lowest BCUT2D eigenvalue weighted by molar-refractivity contribution is -0.122. The maximum Gasteiger partial charge on any atom is 0.252 e. The minimum absolute atomic E-state index is 0.0279. The van der Waals surface area contributed by atoms with E-state index >= 15 is 0 Å². The van der Waals surface area contributed by atoms with Gasteiger partial charge >= 0.3 is 0 Å². The van der Waals surface area contributed by atoms with Gasteiger partial charge in [0, 0.05) is 32.7 Å². The summed E-state index contributed by atoms with van der Waals surface area (Å²) in [7, 11) is 0. The highest BCUT2D eigenvalue weighted by molar-refractivity contribution is 6.10. The first-order valence-electron chi connectivity index (χ1n) is 5.94. The SMILES string of the molecule is CC1(C)N=C(C2CN3CCN2CC3)NC1=O. The fourth-order valence-electron chi connectivity index (χ4n) is 2.68. The molecule has 1 unspecified atom stereocenters. The van der Waals surface area contributed by atoms with Crippen LogP contribution in [0.3, 0.4) is 0 Å². The van der Waals surface area contributed by atoms with Crippen LogP contribution in [0.1, 0.15) is 13.8 Å². The van der Waals surface area contributed by atoms with E-state index in [0.717, 1.165) is 38.6 Å². The molecule has 0 aromatic carbocycles. The van der Waals surface area contributed by atoms with E-state index in [0.29, 0.717) is 6.04 Å². The molecule has 0 spiro atoms. The molecular weight excluding hydrogens is 204 g/mol. The summed E-state index contributed by atoms with van der Waals surface area (Å²) >= 11 is 0. The summed E-state index contributed by atoms with van der Waals surface area (Å²) in [5.41, 5.74) is -0.581. The third-order valence-electron chi connectivity index (χ3n) is 3.79. The Morgan fingerprint density at radius 1 is 1.31 bits per heavy atom. The molecule has 16 heavy (non-hydrogen) atoms. The number of nitrogens with zero attached hydrogens (tertiary/aromatic N) is 3. The molecule has 1 N–H and O–H groups in total. The van der Waals surface area contributed by atoms with Crippen LogP contribution < -0.4 is 5.32 Å². The normalized spacial score (nSPS) is 40.8. The predicted octanol–water partition coefficient (Wildman–Crippen LogP) is -0.707. The van der Waals surface area contributed by atoms with Gasteiger partial charge in [0.05, 0.1) is 6.04 Å². The number of fused-ring (bicyclic) bond motifs is 3. The van der Waals surface area contributed by atoms with Gasteiger partial charge in [-0.25, -0.2) is 0 Å². The van der Waals surface area contributed by atoms with Gasteiger partial charge in [0.2, 0.25) is 0 Å². The maximum absolute atomic E-state index is 11.7. The van der Waals surface area contributed by atoms with Crippen LogP contribution in [0.2, 0.25) is 0 Å². The molecule has 4 rings (SSSR count). The highest BCUT2D eigenvalue weighted by Crippen LogP contribution is 2.21. The van der Waals surface area contributed by atoms with Crippen molar-refractivity contribution >= 4 is 11.7 Å². The predicted molar refractivity (Wildman–Crippen MR) is 61.5 cm³/mol. The van der Waals surface area contributed by atoms with Gasteiger partial charge < -0.3 is 5.32 Å². The summed E-state index contributed by atoms with van der Waals surface area (Å²) in [6, 6.07) is 0.299. The molecule has 1 atom stereocenters. The Kier molecular flexibility index (Phi) is 2.09. The lowest BCUT2D eigenvalue weighted by atomic mass is 10.1. The number of rotatable bonds is 1. The Labute approximate surface area is 95.5 Å². The molecule has 5 heteroatoms. The van der Waals surface area contributed by atoms with E-state index in [1.807, 2.05) is 13.8 Å². The third kappa shape index (κ3) is 1.46. The first-order chi connectivity index (χ1) is 7.56. The van der Waals surface area contributed by atoms with E-state index in [1.54, 1.807) is 0 Å². The Balaban J connectivity index is 1.82. The van der Waals surface area contributed by atoms with Crippen LogP contribution in [0.4, 0.5) is 0 Å². The zero-order chi connectivity index (χ0) is 11.3. The van der Waals surface area contributed by atoms with Gasteiger partial charge in [-0.15, -0.1) is 0 Å². The van der Waals surface area contributed by atoms with Crippen LogP contribution in [0, 0.1) is 0 Å². The molecule has 0 radical (unpaired) electrons. The quantitative estimate of drug-likeness (QED) is 0.638. The van der Waals surface area contributed by atoms with Crippen LogP contribution in [0.15, 0.2) is 4.99 Å². The second-order valence-corrected chi connectivity index (χ2v) is 5.36. The molecule has 3 saturated heterocycles. The molecule has 4 aliphatic heterocycles. The van der Waals surface area contributed by atoms with Crippen molar-refractivity contribution in [2.24, 2.45) is 4.99 Å². The van der Waals surface area contributed by atoms with E-state index in [2.05, 4.69) is 20.1 Å². The summed E-state index contributed by atoms with van der Waals surface area (Å²) in [5.74, 6) is 0.902. The van der Waals surface area contributed by atoms with Crippen LogP contribution in [0.25, 0.3) is 0 Å². The number of hydrogen-bond acceptors (Lipinski definition) is 4. The Morgan fingerprint density at radius 2 is 2.00 bits per heavy atom. The van der Waals surface area contributed by atoms with Gasteiger partial charge in [0.15, 0.2) is 0 Å². The van der Waals surface area contributed by atoms with E-state index in [1.165, 1.54) is 0 Å². The number of carbonyl (C=O) groups excluding carboxylic acids is 1. The summed E-state index contributed by atoms with van der Waals surface area (Å²) in [5, 5.41) is 2.94. The van der Waals surface area contributed by atoms with E-state index < -0.39 is 5.54 Å². The number of amides is 1. The average molecular weight is 222 g/mol. The van der Waals surface area contributed by atoms with Gasteiger partial charge in [-0.3, -0.25) is 19.6 Å². The van der Waals surface area contributed by atoms with Crippen LogP contribution in [0.5, 0.6) is 0 Å². The standard InChI is InChI=1S/C11H18N4O/c1-11(2)10(16)12-9(13-11)8-7-14-3-5-15(8)6-4-14/h8H,3-7H2,1-2H3,(H,12,13,16). The van der Waals surface area contributed by atoms with Crippen molar-refractivity contribution in [1.29, 1.82) is 0 Å². The number of nitrogens with one attached hydrogen (secondary N) is 1. The third-order valence-corrected chi connectivity index (χ3v) is 3.79. The van der Waals surface area contributed by atoms with Crippen molar-refractivity contribution in [3.63, 3.8) is 0 Å². The number of hydrogen-bond donors (Lipinski definition) is 1. The monoisotopic (exact) mass is 222 g/mol. The lowest BCUT2D eigenvalue weighted by Crippen LogP contribution is -2.64. The van der Waals surface area contributed by atoms with Crippen molar-refractivity contribution < 1.29 is 4.79 Å².